The van der Waals surface area contributed by atoms with E-state index in [2.05, 4.69) is 20.6 Å². The number of nitrogens with zero attached hydrogens (tertiary/aromatic N) is 2. The molecule has 6 nitrogen and oxygen atoms in total. The van der Waals surface area contributed by atoms with E-state index in [-0.39, 0.29) is 5.91 Å². The van der Waals surface area contributed by atoms with Crippen LogP contribution >= 0.6 is 0 Å². The van der Waals surface area contributed by atoms with Crippen LogP contribution in [0.15, 0.2) is 60.7 Å². The maximum atomic E-state index is 12.8. The Morgan fingerprint density at radius 3 is 2.52 bits per heavy atom. The van der Waals surface area contributed by atoms with Crippen LogP contribution in [-0.4, -0.2) is 29.0 Å². The minimum atomic E-state index is -0.307. The summed E-state index contributed by atoms with van der Waals surface area (Å²) in [5.74, 6) is 1.47. The van der Waals surface area contributed by atoms with E-state index in [1.165, 1.54) is 0 Å². The van der Waals surface area contributed by atoms with Crippen molar-refractivity contribution in [2.45, 2.75) is 18.9 Å². The number of ether oxygens (including phenoxy) is 1. The second-order valence-electron chi connectivity index (χ2n) is 6.40. The van der Waals surface area contributed by atoms with Gasteiger partial charge in [0.2, 0.25) is 0 Å². The number of benzene rings is 2. The van der Waals surface area contributed by atoms with Gasteiger partial charge in [-0.3, -0.25) is 4.79 Å². The summed E-state index contributed by atoms with van der Waals surface area (Å²) < 4.78 is 5.30. The summed E-state index contributed by atoms with van der Waals surface area (Å²) in [6.07, 6.45) is 2.24. The molecule has 0 unspecified atom stereocenters. The molecule has 1 aromatic heterocycles. The van der Waals surface area contributed by atoms with Crippen LogP contribution in [-0.2, 0) is 0 Å². The molecule has 1 aliphatic carbocycles. The van der Waals surface area contributed by atoms with Gasteiger partial charge in [-0.1, -0.05) is 42.5 Å². The Kier molecular flexibility index (Phi) is 4.70. The highest BCUT2D eigenvalue weighted by atomic mass is 16.5. The molecule has 1 saturated carbocycles. The molecule has 4 rings (SSSR count). The number of methoxy groups -OCH3 is 1. The van der Waals surface area contributed by atoms with Gasteiger partial charge in [-0.25, -0.2) is 9.97 Å². The normalized spacial score (nSPS) is 13.1. The minimum Gasteiger partial charge on any atom is -0.495 e. The monoisotopic (exact) mass is 360 g/mol. The highest BCUT2D eigenvalue weighted by Gasteiger charge is 2.23. The zero-order valence-electron chi connectivity index (χ0n) is 15.0. The Morgan fingerprint density at radius 1 is 1.04 bits per heavy atom. The molecule has 0 saturated heterocycles. The molecule has 3 aromatic rings. The third-order valence-electron chi connectivity index (χ3n) is 4.28. The molecule has 1 heterocycles. The van der Waals surface area contributed by atoms with Crippen LogP contribution in [0.2, 0.25) is 0 Å². The van der Waals surface area contributed by atoms with Crippen LogP contribution in [0.1, 0.15) is 23.3 Å². The van der Waals surface area contributed by atoms with Crippen molar-refractivity contribution in [3.8, 4) is 17.1 Å². The average Bonchev–Trinajstić information content (AvgIpc) is 3.53. The fourth-order valence-corrected chi connectivity index (χ4v) is 2.72. The second-order valence-corrected chi connectivity index (χ2v) is 6.40. The number of amides is 1. The Bertz CT molecular complexity index is 955. The predicted octanol–water partition coefficient (Wildman–Crippen LogP) is 3.98. The number of carbonyl (C=O) groups excluding carboxylic acids is 1. The Hall–Kier alpha value is -3.41. The lowest BCUT2D eigenvalue weighted by Gasteiger charge is -2.12. The summed E-state index contributed by atoms with van der Waals surface area (Å²) >= 11 is 0. The second kappa shape index (κ2) is 7.45. The number of anilines is 2. The van der Waals surface area contributed by atoms with Crippen molar-refractivity contribution >= 4 is 17.4 Å². The molecule has 0 spiro atoms. The fraction of sp³-hybridized carbons (Fsp3) is 0.190. The number of hydrogen-bond acceptors (Lipinski definition) is 5. The summed E-state index contributed by atoms with van der Waals surface area (Å²) in [5, 5.41) is 6.22. The summed E-state index contributed by atoms with van der Waals surface area (Å²) in [5.41, 5.74) is 1.77. The van der Waals surface area contributed by atoms with Gasteiger partial charge < -0.3 is 15.4 Å². The molecule has 1 aliphatic rings. The van der Waals surface area contributed by atoms with E-state index in [0.717, 1.165) is 18.4 Å². The molecule has 1 fully saturated rings. The molecule has 136 valence electrons. The van der Waals surface area contributed by atoms with Gasteiger partial charge >= 0.3 is 0 Å². The lowest BCUT2D eigenvalue weighted by Crippen LogP contribution is -2.16. The maximum Gasteiger partial charge on any atom is 0.274 e. The maximum absolute atomic E-state index is 12.8. The van der Waals surface area contributed by atoms with Crippen molar-refractivity contribution < 1.29 is 9.53 Å². The summed E-state index contributed by atoms with van der Waals surface area (Å²) in [4.78, 5) is 21.9. The van der Waals surface area contributed by atoms with Crippen molar-refractivity contribution in [3.05, 3.63) is 66.4 Å². The number of para-hydroxylation sites is 2. The lowest BCUT2D eigenvalue weighted by atomic mass is 10.2. The molecule has 6 heteroatoms. The summed E-state index contributed by atoms with van der Waals surface area (Å²) in [7, 11) is 1.57. The van der Waals surface area contributed by atoms with Crippen molar-refractivity contribution in [1.82, 2.24) is 9.97 Å². The van der Waals surface area contributed by atoms with Crippen LogP contribution < -0.4 is 15.4 Å². The SMILES string of the molecule is COc1ccccc1NC(=O)c1cc(NC2CC2)nc(-c2ccccc2)n1. The van der Waals surface area contributed by atoms with Gasteiger partial charge in [0.1, 0.15) is 17.3 Å². The molecule has 0 atom stereocenters. The first-order valence-corrected chi connectivity index (χ1v) is 8.88. The van der Waals surface area contributed by atoms with E-state index in [4.69, 9.17) is 4.74 Å². The third-order valence-corrected chi connectivity index (χ3v) is 4.28. The van der Waals surface area contributed by atoms with Crippen LogP contribution in [0.5, 0.6) is 5.75 Å². The number of aromatic nitrogens is 2. The quantitative estimate of drug-likeness (QED) is 0.695. The van der Waals surface area contributed by atoms with E-state index in [0.29, 0.717) is 34.8 Å². The first-order valence-electron chi connectivity index (χ1n) is 8.88. The van der Waals surface area contributed by atoms with Gasteiger partial charge in [0.15, 0.2) is 5.82 Å². The highest BCUT2D eigenvalue weighted by Crippen LogP contribution is 2.27. The number of nitrogens with one attached hydrogen (secondary N) is 2. The summed E-state index contributed by atoms with van der Waals surface area (Å²) in [6.45, 7) is 0. The predicted molar refractivity (Wildman–Crippen MR) is 105 cm³/mol. The average molecular weight is 360 g/mol. The first-order chi connectivity index (χ1) is 13.2. The van der Waals surface area contributed by atoms with E-state index in [9.17, 15) is 4.79 Å². The van der Waals surface area contributed by atoms with E-state index < -0.39 is 0 Å². The van der Waals surface area contributed by atoms with Crippen molar-refractivity contribution in [1.29, 1.82) is 0 Å². The van der Waals surface area contributed by atoms with E-state index in [1.807, 2.05) is 42.5 Å². The van der Waals surface area contributed by atoms with Gasteiger partial charge in [-0.15, -0.1) is 0 Å². The zero-order valence-corrected chi connectivity index (χ0v) is 15.0. The number of carbonyl (C=O) groups is 1. The van der Waals surface area contributed by atoms with Crippen molar-refractivity contribution in [2.24, 2.45) is 0 Å². The van der Waals surface area contributed by atoms with Gasteiger partial charge in [-0.2, -0.15) is 0 Å². The van der Waals surface area contributed by atoms with Crippen LogP contribution in [0.25, 0.3) is 11.4 Å². The fourth-order valence-electron chi connectivity index (χ4n) is 2.72. The number of rotatable bonds is 6. The molecule has 27 heavy (non-hydrogen) atoms. The van der Waals surface area contributed by atoms with Gasteiger partial charge in [0.05, 0.1) is 12.8 Å². The zero-order chi connectivity index (χ0) is 18.6. The van der Waals surface area contributed by atoms with Crippen LogP contribution in [0.3, 0.4) is 0 Å². The molecule has 0 aliphatic heterocycles. The molecule has 2 N–H and O–H groups in total. The van der Waals surface area contributed by atoms with Gasteiger partial charge in [0.25, 0.3) is 5.91 Å². The molecule has 1 amide bonds. The third kappa shape index (κ3) is 4.06. The van der Waals surface area contributed by atoms with Gasteiger partial charge in [0, 0.05) is 17.7 Å². The molecular weight excluding hydrogens is 340 g/mol. The minimum absolute atomic E-state index is 0.304. The molecule has 2 aromatic carbocycles. The largest absolute Gasteiger partial charge is 0.495 e. The van der Waals surface area contributed by atoms with E-state index in [1.54, 1.807) is 25.3 Å². The Labute approximate surface area is 157 Å². The molecular formula is C21H20N4O2. The highest BCUT2D eigenvalue weighted by molar-refractivity contribution is 6.04. The van der Waals surface area contributed by atoms with Crippen LogP contribution in [0.4, 0.5) is 11.5 Å². The summed E-state index contributed by atoms with van der Waals surface area (Å²) in [6, 6.07) is 19.0. The Morgan fingerprint density at radius 2 is 1.78 bits per heavy atom. The molecule has 0 bridgehead atoms. The lowest BCUT2D eigenvalue weighted by molar-refractivity contribution is 0.102. The molecule has 0 radical (unpaired) electrons. The Balaban J connectivity index is 1.67. The standard InChI is InChI=1S/C21H20N4O2/c1-27-18-10-6-5-9-16(18)24-21(26)17-13-19(22-15-11-12-15)25-20(23-17)14-7-3-2-4-8-14/h2-10,13,15H,11-12H2,1H3,(H,24,26)(H,22,23,25). The van der Waals surface area contributed by atoms with Gasteiger partial charge in [-0.05, 0) is 25.0 Å². The smallest absolute Gasteiger partial charge is 0.274 e. The van der Waals surface area contributed by atoms with Crippen LogP contribution in [0, 0.1) is 0 Å². The van der Waals surface area contributed by atoms with Crippen molar-refractivity contribution in [2.75, 3.05) is 17.7 Å². The topological polar surface area (TPSA) is 76.1 Å². The van der Waals surface area contributed by atoms with Crippen molar-refractivity contribution in [3.63, 3.8) is 0 Å². The number of hydrogen-bond donors (Lipinski definition) is 2. The van der Waals surface area contributed by atoms with E-state index >= 15 is 0 Å². The first kappa shape index (κ1) is 17.0.